The lowest BCUT2D eigenvalue weighted by molar-refractivity contribution is 0.0503. The van der Waals surface area contributed by atoms with Gasteiger partial charge in [-0.1, -0.05) is 30.3 Å². The lowest BCUT2D eigenvalue weighted by Crippen LogP contribution is -2.37. The largest absolute Gasteiger partial charge is 0.378 e. The molecule has 1 saturated heterocycles. The van der Waals surface area contributed by atoms with Gasteiger partial charge in [-0.05, 0) is 25.7 Å². The fourth-order valence-electron chi connectivity index (χ4n) is 3.08. The lowest BCUT2D eigenvalue weighted by atomic mass is 9.89. The summed E-state index contributed by atoms with van der Waals surface area (Å²) < 4.78 is 5.42. The molecule has 1 aromatic rings. The van der Waals surface area contributed by atoms with Gasteiger partial charge in [0.1, 0.15) is 0 Å². The summed E-state index contributed by atoms with van der Waals surface area (Å²) in [4.78, 5) is 15.1. The molecule has 0 N–H and O–H groups in total. The van der Waals surface area contributed by atoms with Crippen molar-refractivity contribution in [1.29, 1.82) is 0 Å². The molecule has 3 heteroatoms. The van der Waals surface area contributed by atoms with E-state index in [4.69, 9.17) is 4.74 Å². The highest BCUT2D eigenvalue weighted by atomic mass is 16.5. The van der Waals surface area contributed by atoms with E-state index >= 15 is 0 Å². The summed E-state index contributed by atoms with van der Waals surface area (Å²) in [5.41, 5.74) is 3.12. The summed E-state index contributed by atoms with van der Waals surface area (Å²) in [5, 5.41) is 0. The molecule has 1 aliphatic carbocycles. The van der Waals surface area contributed by atoms with Gasteiger partial charge in [-0.3, -0.25) is 4.79 Å². The monoisotopic (exact) mass is 271 g/mol. The van der Waals surface area contributed by atoms with Gasteiger partial charge in [0.2, 0.25) is 0 Å². The van der Waals surface area contributed by atoms with E-state index in [1.54, 1.807) is 0 Å². The smallest absolute Gasteiger partial charge is 0.190 e. The molecular formula is C17H21NO2. The number of hydrogen-bond donors (Lipinski definition) is 0. The minimum absolute atomic E-state index is 0.215. The molecular weight excluding hydrogens is 250 g/mol. The predicted molar refractivity (Wildman–Crippen MR) is 78.7 cm³/mol. The van der Waals surface area contributed by atoms with Gasteiger partial charge in [0.15, 0.2) is 5.78 Å². The van der Waals surface area contributed by atoms with Crippen LogP contribution in [-0.2, 0) is 4.74 Å². The number of rotatable bonds is 3. The van der Waals surface area contributed by atoms with E-state index < -0.39 is 0 Å². The lowest BCUT2D eigenvalue weighted by Gasteiger charge is -2.34. The topological polar surface area (TPSA) is 29.5 Å². The molecule has 0 spiro atoms. The van der Waals surface area contributed by atoms with Crippen molar-refractivity contribution in [2.24, 2.45) is 0 Å². The van der Waals surface area contributed by atoms with Crippen molar-refractivity contribution < 1.29 is 9.53 Å². The van der Waals surface area contributed by atoms with Crippen molar-refractivity contribution in [1.82, 2.24) is 4.90 Å². The van der Waals surface area contributed by atoms with Crippen LogP contribution in [0.2, 0.25) is 0 Å². The highest BCUT2D eigenvalue weighted by Crippen LogP contribution is 2.30. The minimum atomic E-state index is 0.215. The van der Waals surface area contributed by atoms with Gasteiger partial charge in [0.25, 0.3) is 0 Å². The third-order valence-corrected chi connectivity index (χ3v) is 4.14. The Morgan fingerprint density at radius 1 is 1.00 bits per heavy atom. The van der Waals surface area contributed by atoms with Crippen LogP contribution in [-0.4, -0.2) is 37.0 Å². The van der Waals surface area contributed by atoms with Gasteiger partial charge >= 0.3 is 0 Å². The van der Waals surface area contributed by atoms with Gasteiger partial charge in [0, 0.05) is 29.9 Å². The number of benzene rings is 1. The zero-order chi connectivity index (χ0) is 13.8. The molecule has 0 aromatic heterocycles. The molecule has 3 nitrogen and oxygen atoms in total. The Morgan fingerprint density at radius 3 is 2.45 bits per heavy atom. The standard InChI is InChI=1S/C17H21NO2/c19-17(14-6-2-1-3-7-14)15-8-4-5-9-16(15)18-10-12-20-13-11-18/h1-3,6-7H,4-5,8-13H2. The van der Waals surface area contributed by atoms with E-state index in [-0.39, 0.29) is 5.78 Å². The van der Waals surface area contributed by atoms with Crippen molar-refractivity contribution in [2.75, 3.05) is 26.3 Å². The number of carbonyl (C=O) groups excluding carboxylic acids is 1. The van der Waals surface area contributed by atoms with Crippen molar-refractivity contribution in [3.8, 4) is 0 Å². The second-order valence-corrected chi connectivity index (χ2v) is 5.43. The molecule has 0 atom stereocenters. The van der Waals surface area contributed by atoms with Crippen LogP contribution < -0.4 is 0 Å². The van der Waals surface area contributed by atoms with Gasteiger partial charge in [-0.2, -0.15) is 0 Å². The van der Waals surface area contributed by atoms with E-state index in [2.05, 4.69) is 4.90 Å². The average molecular weight is 271 g/mol. The Balaban J connectivity index is 1.90. The SMILES string of the molecule is O=C(C1=C(N2CCOCC2)CCCC1)c1ccccc1. The summed E-state index contributed by atoms with van der Waals surface area (Å²) >= 11 is 0. The van der Waals surface area contributed by atoms with Crippen LogP contribution in [0.4, 0.5) is 0 Å². The normalized spacial score (nSPS) is 20.1. The van der Waals surface area contributed by atoms with Crippen molar-refractivity contribution in [3.05, 3.63) is 47.2 Å². The molecule has 0 unspecified atom stereocenters. The first-order valence-electron chi connectivity index (χ1n) is 7.51. The van der Waals surface area contributed by atoms with E-state index in [0.29, 0.717) is 0 Å². The number of ether oxygens (including phenoxy) is 1. The van der Waals surface area contributed by atoms with Gasteiger partial charge in [-0.15, -0.1) is 0 Å². The molecule has 3 rings (SSSR count). The first kappa shape index (κ1) is 13.4. The summed E-state index contributed by atoms with van der Waals surface area (Å²) in [5.74, 6) is 0.215. The predicted octanol–water partition coefficient (Wildman–Crippen LogP) is 3.03. The van der Waals surface area contributed by atoms with Crippen LogP contribution in [0.5, 0.6) is 0 Å². The van der Waals surface area contributed by atoms with Gasteiger partial charge in [0.05, 0.1) is 13.2 Å². The summed E-state index contributed by atoms with van der Waals surface area (Å²) in [6.45, 7) is 3.38. The van der Waals surface area contributed by atoms with Gasteiger partial charge < -0.3 is 9.64 Å². The van der Waals surface area contributed by atoms with Crippen LogP contribution >= 0.6 is 0 Å². The molecule has 0 amide bonds. The molecule has 1 aromatic carbocycles. The van der Waals surface area contributed by atoms with Crippen molar-refractivity contribution in [3.63, 3.8) is 0 Å². The van der Waals surface area contributed by atoms with E-state index in [0.717, 1.165) is 56.7 Å². The van der Waals surface area contributed by atoms with E-state index in [1.165, 1.54) is 12.1 Å². The number of allylic oxidation sites excluding steroid dienone is 2. The third-order valence-electron chi connectivity index (χ3n) is 4.14. The maximum Gasteiger partial charge on any atom is 0.190 e. The molecule has 0 saturated carbocycles. The van der Waals surface area contributed by atoms with Crippen molar-refractivity contribution >= 4 is 5.78 Å². The van der Waals surface area contributed by atoms with Crippen LogP contribution in [0.3, 0.4) is 0 Å². The molecule has 1 fully saturated rings. The Labute approximate surface area is 120 Å². The Bertz CT molecular complexity index is 501. The fraction of sp³-hybridized carbons (Fsp3) is 0.471. The fourth-order valence-corrected chi connectivity index (χ4v) is 3.08. The quantitative estimate of drug-likeness (QED) is 0.791. The summed E-state index contributed by atoms with van der Waals surface area (Å²) in [6, 6.07) is 9.66. The first-order chi connectivity index (χ1) is 9.86. The van der Waals surface area contributed by atoms with Crippen LogP contribution in [0.25, 0.3) is 0 Å². The number of morpholine rings is 1. The Kier molecular flexibility index (Phi) is 4.16. The maximum absolute atomic E-state index is 12.7. The average Bonchev–Trinajstić information content (AvgIpc) is 2.56. The number of nitrogens with zero attached hydrogens (tertiary/aromatic N) is 1. The molecule has 1 heterocycles. The summed E-state index contributed by atoms with van der Waals surface area (Å²) in [7, 11) is 0. The van der Waals surface area contributed by atoms with Crippen LogP contribution in [0.15, 0.2) is 41.6 Å². The molecule has 1 aliphatic heterocycles. The zero-order valence-electron chi connectivity index (χ0n) is 11.8. The number of ketones is 1. The van der Waals surface area contributed by atoms with E-state index in [1.807, 2.05) is 30.3 Å². The first-order valence-corrected chi connectivity index (χ1v) is 7.51. The Hall–Kier alpha value is -1.61. The number of carbonyl (C=O) groups is 1. The highest BCUT2D eigenvalue weighted by molar-refractivity contribution is 6.09. The van der Waals surface area contributed by atoms with Crippen LogP contribution in [0.1, 0.15) is 36.0 Å². The van der Waals surface area contributed by atoms with Crippen LogP contribution in [0, 0.1) is 0 Å². The molecule has 20 heavy (non-hydrogen) atoms. The molecule has 0 radical (unpaired) electrons. The van der Waals surface area contributed by atoms with Gasteiger partial charge in [-0.25, -0.2) is 0 Å². The molecule has 2 aliphatic rings. The highest BCUT2D eigenvalue weighted by Gasteiger charge is 2.24. The molecule has 106 valence electrons. The van der Waals surface area contributed by atoms with Crippen molar-refractivity contribution in [2.45, 2.75) is 25.7 Å². The molecule has 0 bridgehead atoms. The van der Waals surface area contributed by atoms with E-state index in [9.17, 15) is 4.79 Å². The second kappa shape index (κ2) is 6.23. The second-order valence-electron chi connectivity index (χ2n) is 5.43. The minimum Gasteiger partial charge on any atom is -0.378 e. The number of Topliss-reactive ketones (excluding diaryl/α,β-unsaturated/α-hetero) is 1. The Morgan fingerprint density at radius 2 is 1.70 bits per heavy atom. The number of hydrogen-bond acceptors (Lipinski definition) is 3. The maximum atomic E-state index is 12.7. The summed E-state index contributed by atoms with van der Waals surface area (Å²) in [6.07, 6.45) is 4.27. The third kappa shape index (κ3) is 2.78. The zero-order valence-corrected chi connectivity index (χ0v) is 11.8.